The molecule has 0 aliphatic carbocycles. The van der Waals surface area contributed by atoms with Gasteiger partial charge >= 0.3 is 0 Å². The zero-order chi connectivity index (χ0) is 16.1. The highest BCUT2D eigenvalue weighted by atomic mass is 32.1. The molecule has 2 aromatic rings. The summed E-state index contributed by atoms with van der Waals surface area (Å²) in [4.78, 5) is 38.8. The van der Waals surface area contributed by atoms with Crippen molar-refractivity contribution in [2.45, 2.75) is 26.3 Å². The molecule has 0 saturated heterocycles. The molecule has 0 aromatic carbocycles. The van der Waals surface area contributed by atoms with Crippen LogP contribution in [0.3, 0.4) is 0 Å². The third-order valence-corrected chi connectivity index (χ3v) is 3.72. The Morgan fingerprint density at radius 2 is 2.18 bits per heavy atom. The smallest absolute Gasteiger partial charge is 0.277 e. The van der Waals surface area contributed by atoms with Crippen molar-refractivity contribution in [2.75, 3.05) is 5.32 Å². The lowest BCUT2D eigenvalue weighted by Crippen LogP contribution is -2.26. The predicted octanol–water partition coefficient (Wildman–Crippen LogP) is 0.851. The van der Waals surface area contributed by atoms with Crippen molar-refractivity contribution >= 4 is 28.3 Å². The summed E-state index contributed by atoms with van der Waals surface area (Å²) in [6.07, 6.45) is 3.00. The lowest BCUT2D eigenvalue weighted by Gasteiger charge is -2.05. The number of aryl methyl sites for hydroxylation is 1. The molecule has 2 rings (SSSR count). The monoisotopic (exact) mass is 321 g/mol. The van der Waals surface area contributed by atoms with E-state index in [1.165, 1.54) is 23.0 Å². The van der Waals surface area contributed by atoms with Gasteiger partial charge in [-0.3, -0.25) is 19.7 Å². The molecule has 0 saturated carbocycles. The second-order valence-corrected chi connectivity index (χ2v) is 5.51. The average molecular weight is 321 g/mol. The van der Waals surface area contributed by atoms with Crippen molar-refractivity contribution in [3.8, 4) is 0 Å². The van der Waals surface area contributed by atoms with Crippen LogP contribution in [0.25, 0.3) is 0 Å². The first kappa shape index (κ1) is 15.8. The van der Waals surface area contributed by atoms with Crippen LogP contribution in [0.5, 0.6) is 0 Å². The van der Waals surface area contributed by atoms with Gasteiger partial charge in [0.25, 0.3) is 17.4 Å². The number of thiazole rings is 1. The maximum Gasteiger partial charge on any atom is 0.277 e. The zero-order valence-electron chi connectivity index (χ0n) is 11.9. The van der Waals surface area contributed by atoms with Gasteiger partial charge in [-0.05, 0) is 12.5 Å². The van der Waals surface area contributed by atoms with Crippen LogP contribution < -0.4 is 16.6 Å². The summed E-state index contributed by atoms with van der Waals surface area (Å²) in [6.45, 7) is 2.46. The number of rotatable bonds is 6. The summed E-state index contributed by atoms with van der Waals surface area (Å²) in [5.41, 5.74) is 4.97. The van der Waals surface area contributed by atoms with Gasteiger partial charge in [-0.2, -0.15) is 5.10 Å². The van der Waals surface area contributed by atoms with Gasteiger partial charge in [0.15, 0.2) is 5.13 Å². The molecule has 0 aliphatic heterocycles. The molecule has 2 aromatic heterocycles. The number of nitrogens with zero attached hydrogens (tertiary/aromatic N) is 3. The Labute approximate surface area is 130 Å². The van der Waals surface area contributed by atoms with Crippen molar-refractivity contribution in [1.82, 2.24) is 14.8 Å². The van der Waals surface area contributed by atoms with E-state index in [-0.39, 0.29) is 21.3 Å². The minimum Gasteiger partial charge on any atom is -0.365 e. The van der Waals surface area contributed by atoms with Crippen LogP contribution in [0.1, 0.15) is 39.9 Å². The number of amides is 2. The van der Waals surface area contributed by atoms with Crippen molar-refractivity contribution < 1.29 is 9.59 Å². The molecule has 9 heteroatoms. The number of carbonyl (C=O) groups is 2. The minimum atomic E-state index is -0.607. The molecule has 2 amide bonds. The molecule has 0 radical (unpaired) electrons. The largest absolute Gasteiger partial charge is 0.365 e. The Balaban J connectivity index is 2.14. The van der Waals surface area contributed by atoms with Crippen LogP contribution >= 0.6 is 11.3 Å². The van der Waals surface area contributed by atoms with E-state index in [0.29, 0.717) is 6.54 Å². The van der Waals surface area contributed by atoms with E-state index in [1.807, 2.05) is 6.92 Å². The summed E-state index contributed by atoms with van der Waals surface area (Å²) < 4.78 is 1.26. The van der Waals surface area contributed by atoms with Crippen molar-refractivity contribution in [2.24, 2.45) is 5.73 Å². The van der Waals surface area contributed by atoms with Crippen LogP contribution in [0.15, 0.2) is 23.1 Å². The van der Waals surface area contributed by atoms with Crippen molar-refractivity contribution in [3.05, 3.63) is 39.3 Å². The fourth-order valence-corrected chi connectivity index (χ4v) is 2.31. The topological polar surface area (TPSA) is 120 Å². The first-order valence-electron chi connectivity index (χ1n) is 6.66. The van der Waals surface area contributed by atoms with E-state index in [4.69, 9.17) is 5.73 Å². The van der Waals surface area contributed by atoms with E-state index < -0.39 is 11.8 Å². The molecule has 22 heavy (non-hydrogen) atoms. The number of hydrogen-bond donors (Lipinski definition) is 2. The quantitative estimate of drug-likeness (QED) is 0.817. The first-order valence-corrected chi connectivity index (χ1v) is 7.48. The summed E-state index contributed by atoms with van der Waals surface area (Å²) in [6, 6.07) is 2.65. The number of nitrogens with one attached hydrogen (secondary N) is 1. The second kappa shape index (κ2) is 6.94. The highest BCUT2D eigenvalue weighted by Gasteiger charge is 2.13. The number of anilines is 1. The Bertz CT molecular complexity index is 752. The van der Waals surface area contributed by atoms with Crippen molar-refractivity contribution in [3.63, 3.8) is 0 Å². The first-order chi connectivity index (χ1) is 10.5. The van der Waals surface area contributed by atoms with Crippen LogP contribution in [0, 0.1) is 0 Å². The Kier molecular flexibility index (Phi) is 4.99. The molecule has 8 nitrogen and oxygen atoms in total. The van der Waals surface area contributed by atoms with Crippen LogP contribution in [-0.4, -0.2) is 26.6 Å². The molecule has 3 N–H and O–H groups in total. The highest BCUT2D eigenvalue weighted by Crippen LogP contribution is 2.17. The van der Waals surface area contributed by atoms with Gasteiger partial charge in [0.2, 0.25) is 0 Å². The lowest BCUT2D eigenvalue weighted by atomic mass is 10.3. The second-order valence-electron chi connectivity index (χ2n) is 4.48. The molecule has 0 fully saturated rings. The number of primary amides is 1. The van der Waals surface area contributed by atoms with E-state index in [9.17, 15) is 14.4 Å². The SMILES string of the molecule is CCCCn1nc(C(=O)Nc2ncc(C(N)=O)s2)ccc1=O. The number of unbranched alkanes of at least 4 members (excludes halogenated alkanes) is 1. The van der Waals surface area contributed by atoms with Gasteiger partial charge in [-0.1, -0.05) is 24.7 Å². The van der Waals surface area contributed by atoms with Crippen LogP contribution in [0.4, 0.5) is 5.13 Å². The molecular weight excluding hydrogens is 306 g/mol. The molecule has 0 aliphatic rings. The summed E-state index contributed by atoms with van der Waals surface area (Å²) in [5, 5.41) is 6.79. The Morgan fingerprint density at radius 3 is 2.82 bits per heavy atom. The van der Waals surface area contributed by atoms with Gasteiger partial charge in [0.05, 0.1) is 6.20 Å². The van der Waals surface area contributed by atoms with E-state index in [1.54, 1.807) is 0 Å². The van der Waals surface area contributed by atoms with Gasteiger partial charge in [0, 0.05) is 12.6 Å². The molecular formula is C13H15N5O3S. The number of aromatic nitrogens is 3. The van der Waals surface area contributed by atoms with Gasteiger partial charge < -0.3 is 5.73 Å². The summed E-state index contributed by atoms with van der Waals surface area (Å²) >= 11 is 0.971. The van der Waals surface area contributed by atoms with Crippen molar-refractivity contribution in [1.29, 1.82) is 0 Å². The molecule has 116 valence electrons. The van der Waals surface area contributed by atoms with Crippen LogP contribution in [-0.2, 0) is 6.54 Å². The zero-order valence-corrected chi connectivity index (χ0v) is 12.7. The Hall–Kier alpha value is -2.55. The number of hydrogen-bond acceptors (Lipinski definition) is 6. The maximum absolute atomic E-state index is 12.1. The van der Waals surface area contributed by atoms with E-state index in [2.05, 4.69) is 15.4 Å². The fraction of sp³-hybridized carbons (Fsp3) is 0.308. The van der Waals surface area contributed by atoms with E-state index in [0.717, 1.165) is 24.2 Å². The lowest BCUT2D eigenvalue weighted by molar-refractivity contribution is 0.0999. The molecule has 2 heterocycles. The average Bonchev–Trinajstić information content (AvgIpc) is 2.95. The fourth-order valence-electron chi connectivity index (χ4n) is 1.65. The molecule has 0 unspecified atom stereocenters. The molecule has 0 atom stereocenters. The number of carbonyl (C=O) groups excluding carboxylic acids is 2. The summed E-state index contributed by atoms with van der Waals surface area (Å²) in [7, 11) is 0. The van der Waals surface area contributed by atoms with Gasteiger partial charge in [0.1, 0.15) is 10.6 Å². The maximum atomic E-state index is 12.1. The summed E-state index contributed by atoms with van der Waals surface area (Å²) in [5.74, 6) is -1.11. The van der Waals surface area contributed by atoms with E-state index >= 15 is 0 Å². The minimum absolute atomic E-state index is 0.103. The normalized spacial score (nSPS) is 10.4. The van der Waals surface area contributed by atoms with Crippen LogP contribution in [0.2, 0.25) is 0 Å². The predicted molar refractivity (Wildman–Crippen MR) is 82.0 cm³/mol. The third kappa shape index (κ3) is 3.76. The Morgan fingerprint density at radius 1 is 1.41 bits per heavy atom. The van der Waals surface area contributed by atoms with Gasteiger partial charge in [-0.25, -0.2) is 9.67 Å². The third-order valence-electron chi connectivity index (χ3n) is 2.79. The molecule has 0 spiro atoms. The molecule has 0 bridgehead atoms. The standard InChI is InChI=1S/C13H15N5O3S/c1-2-3-6-18-10(19)5-4-8(17-18)12(21)16-13-15-7-9(22-13)11(14)20/h4-5,7H,2-3,6H2,1H3,(H2,14,20)(H,15,16,21). The number of nitrogens with two attached hydrogens (primary N) is 1. The van der Waals surface area contributed by atoms with Gasteiger partial charge in [-0.15, -0.1) is 0 Å². The highest BCUT2D eigenvalue weighted by molar-refractivity contribution is 7.17.